The molecule has 1 saturated heterocycles. The van der Waals surface area contributed by atoms with Crippen molar-refractivity contribution in [2.45, 2.75) is 32.2 Å². The zero-order valence-electron chi connectivity index (χ0n) is 9.66. The minimum absolute atomic E-state index is 0.110. The molecule has 3 nitrogen and oxygen atoms in total. The van der Waals surface area contributed by atoms with Crippen LogP contribution in [-0.4, -0.2) is 23.7 Å². The summed E-state index contributed by atoms with van der Waals surface area (Å²) < 4.78 is 0. The number of rotatable bonds is 2. The van der Waals surface area contributed by atoms with Gasteiger partial charge in [-0.2, -0.15) is 0 Å². The number of benzene rings is 1. The molecule has 1 aromatic carbocycles. The Balaban J connectivity index is 2.40. The number of hydrogen-bond donors (Lipinski definition) is 2. The number of aryl methyl sites for hydroxylation is 2. The fourth-order valence-electron chi connectivity index (χ4n) is 2.69. The van der Waals surface area contributed by atoms with E-state index in [2.05, 4.69) is 31.3 Å². The van der Waals surface area contributed by atoms with Crippen molar-refractivity contribution in [3.05, 3.63) is 34.9 Å². The van der Waals surface area contributed by atoms with Gasteiger partial charge in [-0.1, -0.05) is 18.2 Å². The molecular weight excluding hydrogens is 202 g/mol. The fraction of sp³-hybridized carbons (Fsp3) is 0.462. The molecule has 1 aliphatic heterocycles. The first kappa shape index (κ1) is 11.1. The molecule has 0 saturated carbocycles. The molecular formula is C13H17NO2. The van der Waals surface area contributed by atoms with Crippen molar-refractivity contribution in [2.24, 2.45) is 0 Å². The Bertz CT molecular complexity index is 394. The fourth-order valence-corrected chi connectivity index (χ4v) is 2.69. The van der Waals surface area contributed by atoms with Gasteiger partial charge in [-0.3, -0.25) is 4.79 Å². The van der Waals surface area contributed by atoms with Crippen LogP contribution in [0.2, 0.25) is 0 Å². The van der Waals surface area contributed by atoms with Crippen molar-refractivity contribution in [3.63, 3.8) is 0 Å². The molecule has 2 rings (SSSR count). The standard InChI is InChI=1S/C13H17NO2/c1-8-4-3-5-9(2)11(8)10-6-7-14-12(10)13(15)16/h3-5,10,12,14H,6-7H2,1-2H3,(H,15,16). The molecule has 86 valence electrons. The Morgan fingerprint density at radius 1 is 1.38 bits per heavy atom. The molecule has 0 radical (unpaired) electrons. The molecule has 2 unspecified atom stereocenters. The summed E-state index contributed by atoms with van der Waals surface area (Å²) in [4.78, 5) is 11.1. The zero-order valence-corrected chi connectivity index (χ0v) is 9.66. The first-order valence-electron chi connectivity index (χ1n) is 5.63. The maximum atomic E-state index is 11.1. The molecule has 1 fully saturated rings. The summed E-state index contributed by atoms with van der Waals surface area (Å²) in [7, 11) is 0. The summed E-state index contributed by atoms with van der Waals surface area (Å²) in [6.07, 6.45) is 0.905. The van der Waals surface area contributed by atoms with Crippen LogP contribution in [0.5, 0.6) is 0 Å². The lowest BCUT2D eigenvalue weighted by Crippen LogP contribution is -2.34. The Labute approximate surface area is 95.5 Å². The van der Waals surface area contributed by atoms with E-state index in [1.54, 1.807) is 0 Å². The highest BCUT2D eigenvalue weighted by atomic mass is 16.4. The summed E-state index contributed by atoms with van der Waals surface area (Å²) in [6.45, 7) is 4.90. The van der Waals surface area contributed by atoms with E-state index in [4.69, 9.17) is 5.11 Å². The van der Waals surface area contributed by atoms with Crippen molar-refractivity contribution in [2.75, 3.05) is 6.54 Å². The summed E-state index contributed by atoms with van der Waals surface area (Å²) in [5.41, 5.74) is 3.60. The molecule has 1 aliphatic rings. The molecule has 1 heterocycles. The van der Waals surface area contributed by atoms with Gasteiger partial charge in [0.25, 0.3) is 0 Å². The van der Waals surface area contributed by atoms with Crippen LogP contribution in [0.4, 0.5) is 0 Å². The second kappa shape index (κ2) is 4.26. The van der Waals surface area contributed by atoms with E-state index < -0.39 is 12.0 Å². The molecule has 0 amide bonds. The normalized spacial score (nSPS) is 24.6. The Kier molecular flexibility index (Phi) is 2.97. The molecule has 16 heavy (non-hydrogen) atoms. The minimum Gasteiger partial charge on any atom is -0.480 e. The Morgan fingerprint density at radius 3 is 2.56 bits per heavy atom. The maximum Gasteiger partial charge on any atom is 0.321 e. The lowest BCUT2D eigenvalue weighted by molar-refractivity contribution is -0.139. The van der Waals surface area contributed by atoms with Crippen molar-refractivity contribution in [1.82, 2.24) is 5.32 Å². The van der Waals surface area contributed by atoms with E-state index in [0.717, 1.165) is 13.0 Å². The van der Waals surface area contributed by atoms with E-state index in [1.807, 2.05) is 6.07 Å². The van der Waals surface area contributed by atoms with Gasteiger partial charge in [0.05, 0.1) is 0 Å². The van der Waals surface area contributed by atoms with E-state index >= 15 is 0 Å². The van der Waals surface area contributed by atoms with Crippen LogP contribution in [-0.2, 0) is 4.79 Å². The average Bonchev–Trinajstić information content (AvgIpc) is 2.66. The highest BCUT2D eigenvalue weighted by molar-refractivity contribution is 5.75. The van der Waals surface area contributed by atoms with Crippen LogP contribution < -0.4 is 5.32 Å². The Hall–Kier alpha value is -1.35. The number of hydrogen-bond acceptors (Lipinski definition) is 2. The molecule has 0 bridgehead atoms. The van der Waals surface area contributed by atoms with Gasteiger partial charge in [-0.25, -0.2) is 0 Å². The van der Waals surface area contributed by atoms with Gasteiger partial charge in [0.1, 0.15) is 6.04 Å². The Morgan fingerprint density at radius 2 is 2.00 bits per heavy atom. The van der Waals surface area contributed by atoms with E-state index in [-0.39, 0.29) is 5.92 Å². The van der Waals surface area contributed by atoms with Crippen molar-refractivity contribution in [1.29, 1.82) is 0 Å². The van der Waals surface area contributed by atoms with E-state index in [1.165, 1.54) is 16.7 Å². The van der Waals surface area contributed by atoms with Gasteiger partial charge in [0, 0.05) is 5.92 Å². The number of carboxylic acid groups (broad SMARTS) is 1. The van der Waals surface area contributed by atoms with Crippen LogP contribution in [0.1, 0.15) is 29.0 Å². The van der Waals surface area contributed by atoms with Crippen LogP contribution in [0.25, 0.3) is 0 Å². The predicted molar refractivity (Wildman–Crippen MR) is 62.7 cm³/mol. The first-order valence-corrected chi connectivity index (χ1v) is 5.63. The minimum atomic E-state index is -0.745. The van der Waals surface area contributed by atoms with Crippen LogP contribution in [0, 0.1) is 13.8 Å². The largest absolute Gasteiger partial charge is 0.480 e. The third-order valence-corrected chi connectivity index (χ3v) is 3.40. The molecule has 0 spiro atoms. The second-order valence-electron chi connectivity index (χ2n) is 4.47. The van der Waals surface area contributed by atoms with Crippen LogP contribution >= 0.6 is 0 Å². The van der Waals surface area contributed by atoms with Crippen molar-refractivity contribution in [3.8, 4) is 0 Å². The van der Waals surface area contributed by atoms with Gasteiger partial charge in [0.2, 0.25) is 0 Å². The summed E-state index contributed by atoms with van der Waals surface area (Å²) in [6, 6.07) is 5.70. The third-order valence-electron chi connectivity index (χ3n) is 3.40. The number of carboxylic acids is 1. The molecule has 2 atom stereocenters. The maximum absolute atomic E-state index is 11.1. The molecule has 1 aromatic rings. The summed E-state index contributed by atoms with van der Waals surface area (Å²) >= 11 is 0. The van der Waals surface area contributed by atoms with Crippen molar-refractivity contribution >= 4 is 5.97 Å². The highest BCUT2D eigenvalue weighted by Crippen LogP contribution is 2.32. The van der Waals surface area contributed by atoms with Gasteiger partial charge < -0.3 is 10.4 Å². The van der Waals surface area contributed by atoms with Gasteiger partial charge >= 0.3 is 5.97 Å². The predicted octanol–water partition coefficient (Wildman–Crippen LogP) is 1.83. The van der Waals surface area contributed by atoms with E-state index in [0.29, 0.717) is 0 Å². The summed E-state index contributed by atoms with van der Waals surface area (Å²) in [5, 5.41) is 12.2. The van der Waals surface area contributed by atoms with E-state index in [9.17, 15) is 4.79 Å². The first-order chi connectivity index (χ1) is 7.61. The molecule has 3 heteroatoms. The van der Waals surface area contributed by atoms with Gasteiger partial charge in [-0.15, -0.1) is 0 Å². The zero-order chi connectivity index (χ0) is 11.7. The van der Waals surface area contributed by atoms with Crippen LogP contribution in [0.3, 0.4) is 0 Å². The quantitative estimate of drug-likeness (QED) is 0.798. The lowest BCUT2D eigenvalue weighted by atomic mass is 9.86. The number of aliphatic carboxylic acids is 1. The topological polar surface area (TPSA) is 49.3 Å². The van der Waals surface area contributed by atoms with Crippen LogP contribution in [0.15, 0.2) is 18.2 Å². The highest BCUT2D eigenvalue weighted by Gasteiger charge is 2.34. The SMILES string of the molecule is Cc1cccc(C)c1C1CCNC1C(=O)O. The summed E-state index contributed by atoms with van der Waals surface area (Å²) in [5.74, 6) is -0.635. The number of nitrogens with one attached hydrogen (secondary N) is 1. The molecule has 2 N–H and O–H groups in total. The van der Waals surface area contributed by atoms with Gasteiger partial charge in [-0.05, 0) is 43.5 Å². The lowest BCUT2D eigenvalue weighted by Gasteiger charge is -2.20. The smallest absolute Gasteiger partial charge is 0.321 e. The second-order valence-corrected chi connectivity index (χ2v) is 4.47. The van der Waals surface area contributed by atoms with Crippen molar-refractivity contribution < 1.29 is 9.90 Å². The monoisotopic (exact) mass is 219 g/mol. The number of carbonyl (C=O) groups is 1. The van der Waals surface area contributed by atoms with Gasteiger partial charge in [0.15, 0.2) is 0 Å². The molecule has 0 aromatic heterocycles. The molecule has 0 aliphatic carbocycles. The average molecular weight is 219 g/mol. The third kappa shape index (κ3) is 1.83.